The zero-order valence-corrected chi connectivity index (χ0v) is 9.95. The summed E-state index contributed by atoms with van der Waals surface area (Å²) < 4.78 is 5.33. The molecule has 0 aliphatic carbocycles. The molecule has 1 heterocycles. The fourth-order valence-corrected chi connectivity index (χ4v) is 1.60. The van der Waals surface area contributed by atoms with E-state index in [1.54, 1.807) is 32.0 Å². The summed E-state index contributed by atoms with van der Waals surface area (Å²) in [5.41, 5.74) is 6.42. The topological polar surface area (TPSA) is 108 Å². The van der Waals surface area contributed by atoms with E-state index in [1.165, 1.54) is 0 Å². The number of nitro groups is 1. The molecular weight excluding hydrogens is 236 g/mol. The second-order valence-corrected chi connectivity index (χ2v) is 3.96. The zero-order chi connectivity index (χ0) is 13.3. The van der Waals surface area contributed by atoms with E-state index in [0.717, 1.165) is 0 Å². The van der Waals surface area contributed by atoms with E-state index in [0.29, 0.717) is 11.1 Å². The Morgan fingerprint density at radius 2 is 2.17 bits per heavy atom. The molecule has 0 saturated heterocycles. The van der Waals surface area contributed by atoms with E-state index >= 15 is 0 Å². The van der Waals surface area contributed by atoms with Crippen LogP contribution in [0.3, 0.4) is 0 Å². The second kappa shape index (κ2) is 4.53. The molecule has 7 nitrogen and oxygen atoms in total. The molecule has 0 fully saturated rings. The van der Waals surface area contributed by atoms with Crippen molar-refractivity contribution in [1.82, 2.24) is 10.2 Å². The van der Waals surface area contributed by atoms with E-state index in [9.17, 15) is 10.1 Å². The van der Waals surface area contributed by atoms with Gasteiger partial charge in [-0.3, -0.25) is 10.1 Å². The first kappa shape index (κ1) is 12.2. The maximum Gasteiger partial charge on any atom is 0.284 e. The number of benzene rings is 1. The summed E-state index contributed by atoms with van der Waals surface area (Å²) in [4.78, 5) is 10.6. The molecule has 0 aliphatic heterocycles. The predicted octanol–water partition coefficient (Wildman–Crippen LogP) is 1.97. The van der Waals surface area contributed by atoms with Gasteiger partial charge < -0.3 is 10.2 Å². The van der Waals surface area contributed by atoms with Gasteiger partial charge in [-0.05, 0) is 19.9 Å². The molecule has 0 spiro atoms. The van der Waals surface area contributed by atoms with Gasteiger partial charge in [0, 0.05) is 5.56 Å². The van der Waals surface area contributed by atoms with Gasteiger partial charge in [-0.1, -0.05) is 12.1 Å². The minimum Gasteiger partial charge on any atom is -0.419 e. The van der Waals surface area contributed by atoms with Crippen molar-refractivity contribution in [2.24, 2.45) is 5.73 Å². The minimum atomic E-state index is -0.458. The molecule has 18 heavy (non-hydrogen) atoms. The largest absolute Gasteiger partial charge is 0.419 e. The first-order chi connectivity index (χ1) is 8.50. The molecule has 1 atom stereocenters. The summed E-state index contributed by atoms with van der Waals surface area (Å²) in [5, 5.41) is 18.6. The summed E-state index contributed by atoms with van der Waals surface area (Å²) in [6, 6.07) is 4.52. The van der Waals surface area contributed by atoms with Gasteiger partial charge in [0.1, 0.15) is 5.56 Å². The Bertz CT molecular complexity index is 592. The number of hydrogen-bond acceptors (Lipinski definition) is 6. The third kappa shape index (κ3) is 2.07. The third-order valence-corrected chi connectivity index (χ3v) is 2.48. The van der Waals surface area contributed by atoms with Gasteiger partial charge in [0.25, 0.3) is 11.6 Å². The Balaban J connectivity index is 2.56. The SMILES string of the molecule is Cc1cccc(-c2nnc(C(C)N)o2)c1[N+](=O)[O-]. The molecule has 0 saturated carbocycles. The normalized spacial score (nSPS) is 12.4. The lowest BCUT2D eigenvalue weighted by Gasteiger charge is -2.01. The van der Waals surface area contributed by atoms with E-state index in [4.69, 9.17) is 10.2 Å². The maximum atomic E-state index is 11.0. The van der Waals surface area contributed by atoms with Gasteiger partial charge in [0.15, 0.2) is 0 Å². The lowest BCUT2D eigenvalue weighted by molar-refractivity contribution is -0.384. The van der Waals surface area contributed by atoms with Crippen LogP contribution in [0, 0.1) is 17.0 Å². The molecule has 2 N–H and O–H groups in total. The van der Waals surface area contributed by atoms with Crippen LogP contribution < -0.4 is 5.73 Å². The fraction of sp³-hybridized carbons (Fsp3) is 0.273. The molecule has 0 bridgehead atoms. The summed E-state index contributed by atoms with van der Waals surface area (Å²) in [7, 11) is 0. The molecule has 1 unspecified atom stereocenters. The Morgan fingerprint density at radius 3 is 2.72 bits per heavy atom. The lowest BCUT2D eigenvalue weighted by Crippen LogP contribution is -2.04. The van der Waals surface area contributed by atoms with Crippen molar-refractivity contribution in [3.63, 3.8) is 0 Å². The van der Waals surface area contributed by atoms with E-state index < -0.39 is 11.0 Å². The Labute approximate surface area is 103 Å². The number of nitro benzene ring substituents is 1. The van der Waals surface area contributed by atoms with Crippen LogP contribution in [0.1, 0.15) is 24.4 Å². The lowest BCUT2D eigenvalue weighted by atomic mass is 10.1. The zero-order valence-electron chi connectivity index (χ0n) is 9.95. The van der Waals surface area contributed by atoms with Gasteiger partial charge in [-0.25, -0.2) is 0 Å². The molecule has 2 aromatic rings. The van der Waals surface area contributed by atoms with Gasteiger partial charge >= 0.3 is 0 Å². The molecule has 0 radical (unpaired) electrons. The van der Waals surface area contributed by atoms with Crippen LogP contribution in [0.5, 0.6) is 0 Å². The highest BCUT2D eigenvalue weighted by Crippen LogP contribution is 2.31. The van der Waals surface area contributed by atoms with Gasteiger partial charge in [0.05, 0.1) is 11.0 Å². The van der Waals surface area contributed by atoms with Crippen molar-refractivity contribution >= 4 is 5.69 Å². The first-order valence-corrected chi connectivity index (χ1v) is 5.34. The van der Waals surface area contributed by atoms with E-state index in [1.807, 2.05) is 0 Å². The summed E-state index contributed by atoms with van der Waals surface area (Å²) in [6.45, 7) is 3.35. The number of hydrogen-bond donors (Lipinski definition) is 1. The van der Waals surface area contributed by atoms with Crippen LogP contribution in [-0.4, -0.2) is 15.1 Å². The van der Waals surface area contributed by atoms with Crippen molar-refractivity contribution in [2.75, 3.05) is 0 Å². The molecule has 1 aromatic carbocycles. The van der Waals surface area contributed by atoms with Crippen molar-refractivity contribution in [2.45, 2.75) is 19.9 Å². The second-order valence-electron chi connectivity index (χ2n) is 3.96. The van der Waals surface area contributed by atoms with Crippen molar-refractivity contribution in [1.29, 1.82) is 0 Å². The van der Waals surface area contributed by atoms with Crippen LogP contribution in [0.25, 0.3) is 11.5 Å². The smallest absolute Gasteiger partial charge is 0.284 e. The molecular formula is C11H12N4O3. The van der Waals surface area contributed by atoms with Crippen LogP contribution in [0.4, 0.5) is 5.69 Å². The van der Waals surface area contributed by atoms with Crippen LogP contribution in [0.15, 0.2) is 22.6 Å². The number of para-hydroxylation sites is 1. The molecule has 1 aromatic heterocycles. The van der Waals surface area contributed by atoms with Gasteiger partial charge in [-0.2, -0.15) is 0 Å². The van der Waals surface area contributed by atoms with Crippen LogP contribution in [-0.2, 0) is 0 Å². The quantitative estimate of drug-likeness (QED) is 0.657. The predicted molar refractivity (Wildman–Crippen MR) is 63.7 cm³/mol. The third-order valence-electron chi connectivity index (χ3n) is 2.48. The van der Waals surface area contributed by atoms with Crippen molar-refractivity contribution in [3.05, 3.63) is 39.8 Å². The Kier molecular flexibility index (Phi) is 3.07. The standard InChI is InChI=1S/C11H12N4O3/c1-6-4-3-5-8(9(6)15(16)17)11-14-13-10(18-11)7(2)12/h3-5,7H,12H2,1-2H3. The highest BCUT2D eigenvalue weighted by molar-refractivity contribution is 5.69. The Morgan fingerprint density at radius 1 is 1.44 bits per heavy atom. The number of aryl methyl sites for hydroxylation is 1. The van der Waals surface area contributed by atoms with Crippen LogP contribution in [0.2, 0.25) is 0 Å². The monoisotopic (exact) mass is 248 g/mol. The average molecular weight is 248 g/mol. The average Bonchev–Trinajstić information content (AvgIpc) is 2.77. The van der Waals surface area contributed by atoms with Gasteiger partial charge in [-0.15, -0.1) is 10.2 Å². The highest BCUT2D eigenvalue weighted by Gasteiger charge is 2.22. The molecule has 2 rings (SSSR count). The number of nitrogens with two attached hydrogens (primary N) is 1. The van der Waals surface area contributed by atoms with Crippen molar-refractivity contribution in [3.8, 4) is 11.5 Å². The van der Waals surface area contributed by atoms with E-state index in [-0.39, 0.29) is 17.5 Å². The molecule has 94 valence electrons. The highest BCUT2D eigenvalue weighted by atomic mass is 16.6. The Hall–Kier alpha value is -2.28. The number of rotatable bonds is 3. The van der Waals surface area contributed by atoms with Gasteiger partial charge in [0.2, 0.25) is 5.89 Å². The number of aromatic nitrogens is 2. The van der Waals surface area contributed by atoms with E-state index in [2.05, 4.69) is 10.2 Å². The molecule has 0 amide bonds. The minimum absolute atomic E-state index is 0.0302. The van der Waals surface area contributed by atoms with Crippen molar-refractivity contribution < 1.29 is 9.34 Å². The summed E-state index contributed by atoms with van der Waals surface area (Å²) >= 11 is 0. The maximum absolute atomic E-state index is 11.0. The molecule has 7 heteroatoms. The summed E-state index contributed by atoms with van der Waals surface area (Å²) in [6.07, 6.45) is 0. The fourth-order valence-electron chi connectivity index (χ4n) is 1.60. The van der Waals surface area contributed by atoms with Crippen LogP contribution >= 0.6 is 0 Å². The molecule has 0 aliphatic rings. The summed E-state index contributed by atoms with van der Waals surface area (Å²) in [5.74, 6) is 0.360. The first-order valence-electron chi connectivity index (χ1n) is 5.34. The number of nitrogens with zero attached hydrogens (tertiary/aromatic N) is 3.